The number of halogens is 1. The Morgan fingerprint density at radius 3 is 2.72 bits per heavy atom. The molecular formula is C23H29ClN2O3. The second-order valence-corrected chi connectivity index (χ2v) is 8.36. The lowest BCUT2D eigenvalue weighted by atomic mass is 9.96. The van der Waals surface area contributed by atoms with Gasteiger partial charge in [0, 0.05) is 36.9 Å². The third-order valence-electron chi connectivity index (χ3n) is 5.54. The lowest BCUT2D eigenvalue weighted by molar-refractivity contribution is -0.131. The lowest BCUT2D eigenvalue weighted by Crippen LogP contribution is -2.38. The van der Waals surface area contributed by atoms with Crippen LogP contribution in [-0.2, 0) is 11.2 Å². The lowest BCUT2D eigenvalue weighted by Gasteiger charge is -2.27. The molecule has 3 rings (SSSR count). The monoisotopic (exact) mass is 416 g/mol. The van der Waals surface area contributed by atoms with Crippen molar-refractivity contribution in [2.45, 2.75) is 51.6 Å². The Hall–Kier alpha value is -2.11. The van der Waals surface area contributed by atoms with Crippen LogP contribution in [0.3, 0.4) is 0 Å². The van der Waals surface area contributed by atoms with Crippen LogP contribution in [0.1, 0.15) is 42.4 Å². The number of rotatable bonds is 6. The predicted molar refractivity (Wildman–Crippen MR) is 114 cm³/mol. The van der Waals surface area contributed by atoms with Gasteiger partial charge in [-0.3, -0.25) is 9.78 Å². The van der Waals surface area contributed by atoms with Gasteiger partial charge < -0.3 is 14.7 Å². The summed E-state index contributed by atoms with van der Waals surface area (Å²) in [5.41, 5.74) is 2.05. The second kappa shape index (κ2) is 9.59. The SMILES string of the molecule is Cc1cc(OCC2(O)CCCN(C(=O)CCc3cccnc3)CC2)cc(C)c1Cl. The fourth-order valence-corrected chi connectivity index (χ4v) is 3.84. The zero-order valence-electron chi connectivity index (χ0n) is 17.2. The fraction of sp³-hybridized carbons (Fsp3) is 0.478. The minimum Gasteiger partial charge on any atom is -0.491 e. The minimum absolute atomic E-state index is 0.128. The number of amides is 1. The van der Waals surface area contributed by atoms with Crippen molar-refractivity contribution >= 4 is 17.5 Å². The van der Waals surface area contributed by atoms with Crippen LogP contribution in [0.2, 0.25) is 5.02 Å². The van der Waals surface area contributed by atoms with Crippen LogP contribution in [0.5, 0.6) is 5.75 Å². The summed E-state index contributed by atoms with van der Waals surface area (Å²) in [4.78, 5) is 18.6. The van der Waals surface area contributed by atoms with E-state index in [1.54, 1.807) is 12.4 Å². The summed E-state index contributed by atoms with van der Waals surface area (Å²) in [6, 6.07) is 7.65. The van der Waals surface area contributed by atoms with Gasteiger partial charge in [-0.25, -0.2) is 0 Å². The molecule has 0 radical (unpaired) electrons. The summed E-state index contributed by atoms with van der Waals surface area (Å²) < 4.78 is 5.90. The van der Waals surface area contributed by atoms with E-state index in [1.807, 2.05) is 43.0 Å². The number of carbonyl (C=O) groups excluding carboxylic acids is 1. The molecule has 0 saturated carbocycles. The second-order valence-electron chi connectivity index (χ2n) is 7.98. The van der Waals surface area contributed by atoms with Crippen molar-refractivity contribution in [3.63, 3.8) is 0 Å². The maximum atomic E-state index is 12.6. The molecule has 1 unspecified atom stereocenters. The van der Waals surface area contributed by atoms with Gasteiger partial charge in [-0.2, -0.15) is 0 Å². The van der Waals surface area contributed by atoms with Crippen LogP contribution in [0.15, 0.2) is 36.7 Å². The summed E-state index contributed by atoms with van der Waals surface area (Å²) in [6.45, 7) is 5.32. The first-order chi connectivity index (χ1) is 13.9. The number of carbonyl (C=O) groups is 1. The molecule has 5 nitrogen and oxygen atoms in total. The van der Waals surface area contributed by atoms with Gasteiger partial charge in [0.15, 0.2) is 0 Å². The molecular weight excluding hydrogens is 388 g/mol. The predicted octanol–water partition coefficient (Wildman–Crippen LogP) is 4.11. The van der Waals surface area contributed by atoms with Gasteiger partial charge in [0.05, 0.1) is 0 Å². The Kier molecular flexibility index (Phi) is 7.14. The summed E-state index contributed by atoms with van der Waals surface area (Å²) in [5, 5.41) is 11.8. The smallest absolute Gasteiger partial charge is 0.222 e. The molecule has 1 aliphatic heterocycles. The molecule has 1 amide bonds. The molecule has 2 aromatic rings. The normalized spacial score (nSPS) is 19.7. The van der Waals surface area contributed by atoms with Crippen LogP contribution in [0, 0.1) is 13.8 Å². The average molecular weight is 417 g/mol. The number of pyridine rings is 1. The molecule has 156 valence electrons. The van der Waals surface area contributed by atoms with Crippen LogP contribution in [-0.4, -0.2) is 46.2 Å². The third-order valence-corrected chi connectivity index (χ3v) is 6.13. The van der Waals surface area contributed by atoms with E-state index < -0.39 is 5.60 Å². The first-order valence-corrected chi connectivity index (χ1v) is 10.5. The highest BCUT2D eigenvalue weighted by Gasteiger charge is 2.32. The fourth-order valence-electron chi connectivity index (χ4n) is 3.74. The molecule has 1 N–H and O–H groups in total. The zero-order chi connectivity index (χ0) is 20.9. The number of ether oxygens (including phenoxy) is 1. The van der Waals surface area contributed by atoms with E-state index in [0.717, 1.165) is 28.1 Å². The number of aryl methyl sites for hydroxylation is 3. The average Bonchev–Trinajstić information content (AvgIpc) is 2.91. The number of aromatic nitrogens is 1. The van der Waals surface area contributed by atoms with Crippen LogP contribution >= 0.6 is 11.6 Å². The van der Waals surface area contributed by atoms with E-state index >= 15 is 0 Å². The van der Waals surface area contributed by atoms with E-state index in [2.05, 4.69) is 4.98 Å². The van der Waals surface area contributed by atoms with Crippen LogP contribution in [0.25, 0.3) is 0 Å². The van der Waals surface area contributed by atoms with Crippen LogP contribution in [0.4, 0.5) is 0 Å². The number of benzene rings is 1. The Bertz CT molecular complexity index is 820. The molecule has 2 heterocycles. The number of hydrogen-bond donors (Lipinski definition) is 1. The first kappa shape index (κ1) is 21.6. The van der Waals surface area contributed by atoms with Gasteiger partial charge in [-0.1, -0.05) is 17.7 Å². The van der Waals surface area contributed by atoms with Crippen molar-refractivity contribution in [2.75, 3.05) is 19.7 Å². The highest BCUT2D eigenvalue weighted by Crippen LogP contribution is 2.28. The largest absolute Gasteiger partial charge is 0.491 e. The number of likely N-dealkylation sites (tertiary alicyclic amines) is 1. The highest BCUT2D eigenvalue weighted by molar-refractivity contribution is 6.32. The van der Waals surface area contributed by atoms with E-state index in [9.17, 15) is 9.90 Å². The van der Waals surface area contributed by atoms with Gasteiger partial charge in [-0.05, 0) is 74.4 Å². The summed E-state index contributed by atoms with van der Waals surface area (Å²) in [6.07, 6.45) is 6.57. The minimum atomic E-state index is -0.931. The molecule has 1 saturated heterocycles. The van der Waals surface area contributed by atoms with Crippen molar-refractivity contribution in [3.05, 3.63) is 58.4 Å². The van der Waals surface area contributed by atoms with E-state index in [4.69, 9.17) is 16.3 Å². The molecule has 0 spiro atoms. The van der Waals surface area contributed by atoms with Crippen molar-refractivity contribution in [3.8, 4) is 5.75 Å². The van der Waals surface area contributed by atoms with E-state index in [0.29, 0.717) is 44.5 Å². The van der Waals surface area contributed by atoms with Gasteiger partial charge in [0.1, 0.15) is 18.0 Å². The Labute approximate surface area is 177 Å². The van der Waals surface area contributed by atoms with Crippen LogP contribution < -0.4 is 4.74 Å². The molecule has 1 aromatic heterocycles. The maximum absolute atomic E-state index is 12.6. The zero-order valence-corrected chi connectivity index (χ0v) is 17.9. The summed E-state index contributed by atoms with van der Waals surface area (Å²) >= 11 is 6.21. The quantitative estimate of drug-likeness (QED) is 0.769. The molecule has 6 heteroatoms. The van der Waals surface area contributed by atoms with Gasteiger partial charge >= 0.3 is 0 Å². The highest BCUT2D eigenvalue weighted by atomic mass is 35.5. The maximum Gasteiger partial charge on any atom is 0.222 e. The molecule has 1 aromatic carbocycles. The molecule has 1 atom stereocenters. The van der Waals surface area contributed by atoms with Crippen molar-refractivity contribution in [1.82, 2.24) is 9.88 Å². The Morgan fingerprint density at radius 2 is 2.03 bits per heavy atom. The molecule has 0 bridgehead atoms. The number of hydrogen-bond acceptors (Lipinski definition) is 4. The van der Waals surface area contributed by atoms with Gasteiger partial charge in [0.2, 0.25) is 5.91 Å². The number of nitrogens with zero attached hydrogens (tertiary/aromatic N) is 2. The Morgan fingerprint density at radius 1 is 1.28 bits per heavy atom. The standard InChI is InChI=1S/C23H29ClN2O3/c1-17-13-20(14-18(2)22(17)24)29-16-23(28)8-4-11-26(12-9-23)21(27)7-6-19-5-3-10-25-15-19/h3,5,10,13-15,28H,4,6-9,11-12,16H2,1-2H3. The van der Waals surface area contributed by atoms with Gasteiger partial charge in [0.25, 0.3) is 0 Å². The van der Waals surface area contributed by atoms with Crippen molar-refractivity contribution in [2.24, 2.45) is 0 Å². The Balaban J connectivity index is 1.52. The third kappa shape index (κ3) is 5.94. The summed E-state index contributed by atoms with van der Waals surface area (Å²) in [7, 11) is 0. The van der Waals surface area contributed by atoms with E-state index in [-0.39, 0.29) is 12.5 Å². The first-order valence-electron chi connectivity index (χ1n) is 10.1. The van der Waals surface area contributed by atoms with E-state index in [1.165, 1.54) is 0 Å². The van der Waals surface area contributed by atoms with Crippen molar-refractivity contribution < 1.29 is 14.6 Å². The summed E-state index contributed by atoms with van der Waals surface area (Å²) in [5.74, 6) is 0.842. The van der Waals surface area contributed by atoms with Gasteiger partial charge in [-0.15, -0.1) is 0 Å². The number of aliphatic hydroxyl groups is 1. The molecule has 1 aliphatic rings. The molecule has 1 fully saturated rings. The van der Waals surface area contributed by atoms with Crippen molar-refractivity contribution in [1.29, 1.82) is 0 Å². The molecule has 0 aliphatic carbocycles. The molecule has 29 heavy (non-hydrogen) atoms. The topological polar surface area (TPSA) is 62.7 Å².